The van der Waals surface area contributed by atoms with E-state index >= 15 is 0 Å². The summed E-state index contributed by atoms with van der Waals surface area (Å²) >= 11 is 7.53. The number of hydrogen-bond donors (Lipinski definition) is 1. The molecule has 1 amide bonds. The van der Waals surface area contributed by atoms with Gasteiger partial charge in [-0.2, -0.15) is 5.10 Å². The highest BCUT2D eigenvalue weighted by molar-refractivity contribution is 7.98. The molecule has 2 aromatic carbocycles. The van der Waals surface area contributed by atoms with Crippen LogP contribution in [0, 0.1) is 6.92 Å². The van der Waals surface area contributed by atoms with E-state index in [1.807, 2.05) is 55.6 Å². The molecule has 0 spiro atoms. The Hall–Kier alpha value is -2.24. The van der Waals surface area contributed by atoms with Crippen LogP contribution in [0.5, 0.6) is 0 Å². The molecule has 1 aromatic heterocycles. The van der Waals surface area contributed by atoms with Crippen molar-refractivity contribution in [2.75, 3.05) is 11.6 Å². The molecule has 0 saturated carbocycles. The van der Waals surface area contributed by atoms with Crippen molar-refractivity contribution in [3.05, 3.63) is 76.4 Å². The fourth-order valence-corrected chi connectivity index (χ4v) is 3.05. The van der Waals surface area contributed by atoms with E-state index in [4.69, 9.17) is 11.6 Å². The standard InChI is InChI=1S/C19H18ClN3OS/c1-13-3-8-16(25-2)11-17(13)19(24)22-18-9-10-21-23(18)12-14-4-6-15(20)7-5-14/h3-11H,12H2,1-2H3,(H,22,24). The molecule has 0 fully saturated rings. The highest BCUT2D eigenvalue weighted by Gasteiger charge is 2.13. The second kappa shape index (κ2) is 7.76. The van der Waals surface area contributed by atoms with E-state index < -0.39 is 0 Å². The first-order chi connectivity index (χ1) is 12.1. The number of aromatic nitrogens is 2. The summed E-state index contributed by atoms with van der Waals surface area (Å²) in [5.41, 5.74) is 2.68. The second-order valence-corrected chi connectivity index (χ2v) is 6.95. The number of nitrogens with one attached hydrogen (secondary N) is 1. The average Bonchev–Trinajstić information content (AvgIpc) is 3.04. The third kappa shape index (κ3) is 4.24. The first-order valence-electron chi connectivity index (χ1n) is 7.79. The zero-order chi connectivity index (χ0) is 17.8. The van der Waals surface area contributed by atoms with Gasteiger partial charge < -0.3 is 5.32 Å². The molecule has 128 valence electrons. The number of benzene rings is 2. The Morgan fingerprint density at radius 3 is 2.68 bits per heavy atom. The van der Waals surface area contributed by atoms with Gasteiger partial charge in [0.2, 0.25) is 0 Å². The van der Waals surface area contributed by atoms with Crippen molar-refractivity contribution in [1.29, 1.82) is 0 Å². The van der Waals surface area contributed by atoms with Gasteiger partial charge in [-0.3, -0.25) is 4.79 Å². The van der Waals surface area contributed by atoms with Crippen LogP contribution in [0.4, 0.5) is 5.82 Å². The van der Waals surface area contributed by atoms with Crippen LogP contribution in [0.2, 0.25) is 5.02 Å². The van der Waals surface area contributed by atoms with E-state index in [9.17, 15) is 4.79 Å². The summed E-state index contributed by atoms with van der Waals surface area (Å²) in [6.45, 7) is 2.49. The molecule has 1 N–H and O–H groups in total. The predicted octanol–water partition coefficient (Wildman–Crippen LogP) is 4.87. The van der Waals surface area contributed by atoms with E-state index in [0.717, 1.165) is 16.0 Å². The van der Waals surface area contributed by atoms with Crippen molar-refractivity contribution >= 4 is 35.1 Å². The van der Waals surface area contributed by atoms with E-state index in [2.05, 4.69) is 10.4 Å². The number of carbonyl (C=O) groups excluding carboxylic acids is 1. The molecule has 0 radical (unpaired) electrons. The summed E-state index contributed by atoms with van der Waals surface area (Å²) < 4.78 is 1.76. The highest BCUT2D eigenvalue weighted by atomic mass is 35.5. The average molecular weight is 372 g/mol. The molecule has 0 bridgehead atoms. The lowest BCUT2D eigenvalue weighted by atomic mass is 10.1. The van der Waals surface area contributed by atoms with Gasteiger partial charge in [0, 0.05) is 21.5 Å². The Morgan fingerprint density at radius 1 is 1.20 bits per heavy atom. The molecule has 0 saturated heterocycles. The minimum atomic E-state index is -0.133. The third-order valence-corrected chi connectivity index (χ3v) is 4.87. The molecule has 0 aliphatic heterocycles. The quantitative estimate of drug-likeness (QED) is 0.651. The van der Waals surface area contributed by atoms with Crippen LogP contribution in [0.15, 0.2) is 59.6 Å². The molecule has 0 unspecified atom stereocenters. The van der Waals surface area contributed by atoms with Crippen molar-refractivity contribution in [1.82, 2.24) is 9.78 Å². The van der Waals surface area contributed by atoms with Crippen molar-refractivity contribution in [3.63, 3.8) is 0 Å². The maximum Gasteiger partial charge on any atom is 0.257 e. The summed E-state index contributed by atoms with van der Waals surface area (Å²) in [6.07, 6.45) is 3.67. The molecular formula is C19H18ClN3OS. The summed E-state index contributed by atoms with van der Waals surface area (Å²) in [7, 11) is 0. The molecule has 0 atom stereocenters. The molecule has 3 rings (SSSR count). The van der Waals surface area contributed by atoms with Crippen LogP contribution < -0.4 is 5.32 Å². The molecule has 1 heterocycles. The Kier molecular flexibility index (Phi) is 5.46. The number of amides is 1. The third-order valence-electron chi connectivity index (χ3n) is 3.89. The van der Waals surface area contributed by atoms with Crippen LogP contribution in [0.1, 0.15) is 21.5 Å². The number of halogens is 1. The van der Waals surface area contributed by atoms with Gasteiger partial charge in [0.1, 0.15) is 5.82 Å². The van der Waals surface area contributed by atoms with Crippen LogP contribution >= 0.6 is 23.4 Å². The van der Waals surface area contributed by atoms with Crippen molar-refractivity contribution in [3.8, 4) is 0 Å². The van der Waals surface area contributed by atoms with Crippen LogP contribution in [-0.4, -0.2) is 21.9 Å². The van der Waals surface area contributed by atoms with Crippen molar-refractivity contribution in [2.45, 2.75) is 18.4 Å². The zero-order valence-corrected chi connectivity index (χ0v) is 15.6. The van der Waals surface area contributed by atoms with E-state index in [-0.39, 0.29) is 5.91 Å². The monoisotopic (exact) mass is 371 g/mol. The van der Waals surface area contributed by atoms with Gasteiger partial charge in [0.05, 0.1) is 12.7 Å². The smallest absolute Gasteiger partial charge is 0.257 e. The molecule has 25 heavy (non-hydrogen) atoms. The lowest BCUT2D eigenvalue weighted by molar-refractivity contribution is 0.102. The summed E-state index contributed by atoms with van der Waals surface area (Å²) in [5.74, 6) is 0.528. The number of hydrogen-bond acceptors (Lipinski definition) is 3. The van der Waals surface area contributed by atoms with Gasteiger partial charge in [-0.15, -0.1) is 11.8 Å². The van der Waals surface area contributed by atoms with Gasteiger partial charge in [-0.05, 0) is 48.6 Å². The Balaban J connectivity index is 1.79. The minimum Gasteiger partial charge on any atom is -0.307 e. The molecule has 6 heteroatoms. The number of nitrogens with zero attached hydrogens (tertiary/aromatic N) is 2. The number of thioether (sulfide) groups is 1. The highest BCUT2D eigenvalue weighted by Crippen LogP contribution is 2.20. The summed E-state index contributed by atoms with van der Waals surface area (Å²) in [6, 6.07) is 15.3. The molecular weight excluding hydrogens is 354 g/mol. The second-order valence-electron chi connectivity index (χ2n) is 5.64. The lowest BCUT2D eigenvalue weighted by Gasteiger charge is -2.11. The summed E-state index contributed by atoms with van der Waals surface area (Å²) in [4.78, 5) is 13.7. The Bertz CT molecular complexity index is 890. The number of aryl methyl sites for hydroxylation is 1. The van der Waals surface area contributed by atoms with Crippen molar-refractivity contribution < 1.29 is 4.79 Å². The predicted molar refractivity (Wildman–Crippen MR) is 104 cm³/mol. The normalized spacial score (nSPS) is 10.7. The number of carbonyl (C=O) groups is 1. The molecule has 3 aromatic rings. The van der Waals surface area contributed by atoms with Gasteiger partial charge >= 0.3 is 0 Å². The number of rotatable bonds is 5. The fourth-order valence-electron chi connectivity index (χ4n) is 2.48. The fraction of sp³-hybridized carbons (Fsp3) is 0.158. The Labute approximate surface area is 156 Å². The lowest BCUT2D eigenvalue weighted by Crippen LogP contribution is -2.17. The van der Waals surface area contributed by atoms with E-state index in [0.29, 0.717) is 22.9 Å². The van der Waals surface area contributed by atoms with Gasteiger partial charge in [-0.25, -0.2) is 4.68 Å². The molecule has 4 nitrogen and oxygen atoms in total. The van der Waals surface area contributed by atoms with E-state index in [1.54, 1.807) is 28.7 Å². The molecule has 0 aliphatic carbocycles. The van der Waals surface area contributed by atoms with Crippen LogP contribution in [0.25, 0.3) is 0 Å². The largest absolute Gasteiger partial charge is 0.307 e. The maximum absolute atomic E-state index is 12.7. The van der Waals surface area contributed by atoms with Gasteiger partial charge in [0.25, 0.3) is 5.91 Å². The minimum absolute atomic E-state index is 0.133. The van der Waals surface area contributed by atoms with Crippen LogP contribution in [-0.2, 0) is 6.54 Å². The van der Waals surface area contributed by atoms with Gasteiger partial charge in [-0.1, -0.05) is 29.8 Å². The first-order valence-corrected chi connectivity index (χ1v) is 9.39. The van der Waals surface area contributed by atoms with Crippen molar-refractivity contribution in [2.24, 2.45) is 0 Å². The number of anilines is 1. The van der Waals surface area contributed by atoms with Gasteiger partial charge in [0.15, 0.2) is 0 Å². The first kappa shape index (κ1) is 17.6. The maximum atomic E-state index is 12.7. The molecule has 0 aliphatic rings. The topological polar surface area (TPSA) is 46.9 Å². The Morgan fingerprint density at radius 2 is 1.96 bits per heavy atom. The van der Waals surface area contributed by atoms with E-state index in [1.165, 1.54) is 0 Å². The zero-order valence-electron chi connectivity index (χ0n) is 14.0. The van der Waals surface area contributed by atoms with Crippen LogP contribution in [0.3, 0.4) is 0 Å². The summed E-state index contributed by atoms with van der Waals surface area (Å²) in [5, 5.41) is 7.95. The SMILES string of the molecule is CSc1ccc(C)c(C(=O)Nc2ccnn2Cc2ccc(Cl)cc2)c1.